The fourth-order valence-electron chi connectivity index (χ4n) is 1.47. The molecule has 1 rings (SSSR count). The number of hydrogen-bond acceptors (Lipinski definition) is 1. The molecule has 1 saturated carbocycles. The van der Waals surface area contributed by atoms with Crippen LogP contribution in [-0.4, -0.2) is 16.9 Å². The van der Waals surface area contributed by atoms with Gasteiger partial charge in [-0.2, -0.15) is 0 Å². The number of carbonyl (C=O) groups excluding carboxylic acids is 1. The largest absolute Gasteiger partial charge is 0.272 e. The van der Waals surface area contributed by atoms with Gasteiger partial charge in [-0.15, -0.1) is 0 Å². The zero-order valence-corrected chi connectivity index (χ0v) is 8.93. The molecule has 1 atom stereocenters. The molecule has 1 fully saturated rings. The Balaban J connectivity index is 2.42. The Morgan fingerprint density at radius 2 is 2.50 bits per heavy atom. The van der Waals surface area contributed by atoms with Gasteiger partial charge in [0.1, 0.15) is 0 Å². The Morgan fingerprint density at radius 3 is 2.92 bits per heavy atom. The Bertz CT molecular complexity index is 201. The molecule has 68 valence electrons. The van der Waals surface area contributed by atoms with Crippen molar-refractivity contribution in [1.29, 1.82) is 0 Å². The van der Waals surface area contributed by atoms with Crippen molar-refractivity contribution in [3.8, 4) is 0 Å². The Hall–Kier alpha value is -0.180. The molecule has 1 unspecified atom stereocenters. The number of amides is 1. The van der Waals surface area contributed by atoms with Gasteiger partial charge < -0.3 is 0 Å². The number of hydrogen-bond donors (Lipinski definition) is 0. The molecule has 0 radical (unpaired) electrons. The fraction of sp³-hybridized carbons (Fsp3) is 0.778. The molecular formula is C9H14BrNO. The van der Waals surface area contributed by atoms with Gasteiger partial charge in [-0.1, -0.05) is 29.3 Å². The highest BCUT2D eigenvalue weighted by molar-refractivity contribution is 9.09. The third kappa shape index (κ3) is 2.41. The smallest absolute Gasteiger partial charge is 0.256 e. The predicted molar refractivity (Wildman–Crippen MR) is 53.9 cm³/mol. The summed E-state index contributed by atoms with van der Waals surface area (Å²) in [5.74, 6) is 0.573. The van der Waals surface area contributed by atoms with E-state index in [4.69, 9.17) is 0 Å². The first-order valence-electron chi connectivity index (χ1n) is 4.44. The average molecular weight is 232 g/mol. The molecule has 1 amide bonds. The molecule has 2 nitrogen and oxygen atoms in total. The zero-order valence-electron chi connectivity index (χ0n) is 7.35. The predicted octanol–water partition coefficient (Wildman–Crippen LogP) is 2.56. The molecule has 0 spiro atoms. The quantitative estimate of drug-likeness (QED) is 0.687. The lowest BCUT2D eigenvalue weighted by Crippen LogP contribution is -2.27. The van der Waals surface area contributed by atoms with Crippen LogP contribution < -0.4 is 0 Å². The number of nitrogens with zero attached hydrogens (tertiary/aromatic N) is 1. The number of carbonyl (C=O) groups is 1. The van der Waals surface area contributed by atoms with E-state index in [1.54, 1.807) is 0 Å². The van der Waals surface area contributed by atoms with E-state index in [9.17, 15) is 4.79 Å². The second kappa shape index (κ2) is 4.75. The molecular weight excluding hydrogens is 218 g/mol. The van der Waals surface area contributed by atoms with Gasteiger partial charge >= 0.3 is 0 Å². The van der Waals surface area contributed by atoms with Crippen LogP contribution in [0.25, 0.3) is 0 Å². The standard InChI is InChI=1S/C9H14BrNO/c1-2-3-7-4-5-8(7)11-9(12)6-10/h7H,2-6H2,1H3. The lowest BCUT2D eigenvalue weighted by Gasteiger charge is -2.27. The first-order valence-corrected chi connectivity index (χ1v) is 5.56. The van der Waals surface area contributed by atoms with Crippen molar-refractivity contribution < 1.29 is 4.79 Å². The van der Waals surface area contributed by atoms with Crippen LogP contribution >= 0.6 is 15.9 Å². The fourth-order valence-corrected chi connectivity index (χ4v) is 1.60. The highest BCUT2D eigenvalue weighted by Gasteiger charge is 2.25. The Labute approximate surface area is 81.6 Å². The van der Waals surface area contributed by atoms with Gasteiger partial charge in [0.25, 0.3) is 5.91 Å². The van der Waals surface area contributed by atoms with Crippen molar-refractivity contribution in [3.05, 3.63) is 0 Å². The summed E-state index contributed by atoms with van der Waals surface area (Å²) >= 11 is 3.10. The van der Waals surface area contributed by atoms with Gasteiger partial charge in [-0.25, -0.2) is 4.99 Å². The maximum absolute atomic E-state index is 10.9. The monoisotopic (exact) mass is 231 g/mol. The number of alkyl halides is 1. The first kappa shape index (κ1) is 9.90. The summed E-state index contributed by atoms with van der Waals surface area (Å²) < 4.78 is 0. The van der Waals surface area contributed by atoms with Crippen molar-refractivity contribution in [2.24, 2.45) is 10.9 Å². The highest BCUT2D eigenvalue weighted by Crippen LogP contribution is 2.28. The molecule has 0 saturated heterocycles. The highest BCUT2D eigenvalue weighted by atomic mass is 79.9. The normalized spacial score (nSPS) is 25.5. The molecule has 0 aromatic rings. The number of halogens is 1. The molecule has 12 heavy (non-hydrogen) atoms. The summed E-state index contributed by atoms with van der Waals surface area (Å²) in [5, 5.41) is 0.356. The zero-order chi connectivity index (χ0) is 8.97. The lowest BCUT2D eigenvalue weighted by atomic mass is 9.80. The minimum atomic E-state index is -0.0363. The van der Waals surface area contributed by atoms with Crippen molar-refractivity contribution in [1.82, 2.24) is 0 Å². The van der Waals surface area contributed by atoms with Gasteiger partial charge in [0.15, 0.2) is 0 Å². The van der Waals surface area contributed by atoms with Crippen LogP contribution in [-0.2, 0) is 4.79 Å². The maximum Gasteiger partial charge on any atom is 0.256 e. The van der Waals surface area contributed by atoms with E-state index in [0.29, 0.717) is 11.2 Å². The molecule has 1 aliphatic carbocycles. The third-order valence-electron chi connectivity index (χ3n) is 2.24. The molecule has 0 aliphatic heterocycles. The van der Waals surface area contributed by atoms with E-state index in [1.807, 2.05) is 0 Å². The van der Waals surface area contributed by atoms with Gasteiger partial charge in [0.05, 0.1) is 5.33 Å². The van der Waals surface area contributed by atoms with Crippen molar-refractivity contribution in [2.75, 3.05) is 5.33 Å². The Morgan fingerprint density at radius 1 is 1.75 bits per heavy atom. The molecule has 1 aliphatic rings. The Kier molecular flexibility index (Phi) is 3.92. The van der Waals surface area contributed by atoms with E-state index in [-0.39, 0.29) is 5.91 Å². The summed E-state index contributed by atoms with van der Waals surface area (Å²) in [4.78, 5) is 15.0. The summed E-state index contributed by atoms with van der Waals surface area (Å²) in [6.45, 7) is 2.17. The molecule has 0 aromatic carbocycles. The minimum absolute atomic E-state index is 0.0363. The number of aliphatic imine (C=N–C) groups is 1. The molecule has 0 aromatic heterocycles. The average Bonchev–Trinajstić information content (AvgIpc) is 2.08. The van der Waals surface area contributed by atoms with E-state index in [2.05, 4.69) is 27.8 Å². The second-order valence-corrected chi connectivity index (χ2v) is 3.72. The van der Waals surface area contributed by atoms with Crippen LogP contribution in [0.5, 0.6) is 0 Å². The van der Waals surface area contributed by atoms with Crippen LogP contribution in [0.4, 0.5) is 0 Å². The lowest BCUT2D eigenvalue weighted by molar-refractivity contribution is -0.115. The van der Waals surface area contributed by atoms with Gasteiger partial charge in [-0.3, -0.25) is 4.79 Å². The third-order valence-corrected chi connectivity index (χ3v) is 2.72. The van der Waals surface area contributed by atoms with Crippen LogP contribution in [0.3, 0.4) is 0 Å². The first-order chi connectivity index (χ1) is 5.77. The van der Waals surface area contributed by atoms with Crippen molar-refractivity contribution in [3.63, 3.8) is 0 Å². The summed E-state index contributed by atoms with van der Waals surface area (Å²) in [6, 6.07) is 0. The van der Waals surface area contributed by atoms with E-state index in [0.717, 1.165) is 12.1 Å². The summed E-state index contributed by atoms with van der Waals surface area (Å²) in [5.41, 5.74) is 1.13. The number of rotatable bonds is 3. The van der Waals surface area contributed by atoms with Crippen LogP contribution in [0.15, 0.2) is 4.99 Å². The summed E-state index contributed by atoms with van der Waals surface area (Å²) in [6.07, 6.45) is 4.63. The van der Waals surface area contributed by atoms with E-state index < -0.39 is 0 Å². The van der Waals surface area contributed by atoms with Gasteiger partial charge in [0, 0.05) is 5.71 Å². The molecule has 0 bridgehead atoms. The van der Waals surface area contributed by atoms with Crippen molar-refractivity contribution in [2.45, 2.75) is 32.6 Å². The van der Waals surface area contributed by atoms with Gasteiger partial charge in [0.2, 0.25) is 0 Å². The summed E-state index contributed by atoms with van der Waals surface area (Å²) in [7, 11) is 0. The van der Waals surface area contributed by atoms with Crippen LogP contribution in [0, 0.1) is 5.92 Å². The second-order valence-electron chi connectivity index (χ2n) is 3.15. The maximum atomic E-state index is 10.9. The van der Waals surface area contributed by atoms with E-state index in [1.165, 1.54) is 19.3 Å². The van der Waals surface area contributed by atoms with E-state index >= 15 is 0 Å². The molecule has 0 heterocycles. The minimum Gasteiger partial charge on any atom is -0.272 e. The SMILES string of the molecule is CCCC1CCC1=NC(=O)CBr. The van der Waals surface area contributed by atoms with Crippen LogP contribution in [0.2, 0.25) is 0 Å². The van der Waals surface area contributed by atoms with Crippen LogP contribution in [0.1, 0.15) is 32.6 Å². The van der Waals surface area contributed by atoms with Gasteiger partial charge in [-0.05, 0) is 25.2 Å². The van der Waals surface area contributed by atoms with Crippen molar-refractivity contribution >= 4 is 27.5 Å². The topological polar surface area (TPSA) is 29.4 Å². The molecule has 3 heteroatoms. The molecule has 0 N–H and O–H groups in total.